The van der Waals surface area contributed by atoms with Crippen LogP contribution in [0.4, 0.5) is 13.2 Å². The number of nitrogens with zero attached hydrogens (tertiary/aromatic N) is 1. The fourth-order valence-electron chi connectivity index (χ4n) is 3.10. The molecule has 0 spiro atoms. The second-order valence-electron chi connectivity index (χ2n) is 5.97. The van der Waals surface area contributed by atoms with Crippen molar-refractivity contribution in [3.05, 3.63) is 63.6 Å². The van der Waals surface area contributed by atoms with Crippen LogP contribution in [0.5, 0.6) is 5.75 Å². The fraction of sp³-hybridized carbons (Fsp3) is 0.333. The highest BCUT2D eigenvalue weighted by Gasteiger charge is 2.31. The Morgan fingerprint density at radius 2 is 1.57 bits per heavy atom. The van der Waals surface area contributed by atoms with Crippen LogP contribution in [0.2, 0.25) is 10.0 Å². The van der Waals surface area contributed by atoms with E-state index < -0.39 is 6.36 Å². The minimum Gasteiger partial charge on any atom is -0.406 e. The van der Waals surface area contributed by atoms with E-state index in [0.29, 0.717) is 10.0 Å². The van der Waals surface area contributed by atoms with E-state index in [1.54, 1.807) is 30.3 Å². The van der Waals surface area contributed by atoms with Crippen LogP contribution in [0.25, 0.3) is 0 Å². The molecule has 0 unspecified atom stereocenters. The molecular weight excluding hydrogens is 459 g/mol. The molecule has 28 heavy (non-hydrogen) atoms. The summed E-state index contributed by atoms with van der Waals surface area (Å²) >= 11 is 12.6. The second-order valence-corrected chi connectivity index (χ2v) is 6.81. The molecule has 0 radical (unpaired) electrons. The van der Waals surface area contributed by atoms with E-state index in [-0.39, 0.29) is 36.6 Å². The summed E-state index contributed by atoms with van der Waals surface area (Å²) in [6, 6.07) is 10.9. The minimum atomic E-state index is -4.71. The molecule has 156 valence electrons. The van der Waals surface area contributed by atoms with Gasteiger partial charge in [-0.25, -0.2) is 0 Å². The van der Waals surface area contributed by atoms with Crippen molar-refractivity contribution < 1.29 is 17.9 Å². The highest BCUT2D eigenvalue weighted by molar-refractivity contribution is 6.33. The molecule has 0 bridgehead atoms. The van der Waals surface area contributed by atoms with Gasteiger partial charge < -0.3 is 10.1 Å². The molecular formula is C18H19Cl4F3N2O. The van der Waals surface area contributed by atoms with Crippen molar-refractivity contribution in [2.24, 2.45) is 0 Å². The Labute approximate surface area is 184 Å². The Morgan fingerprint density at radius 1 is 0.964 bits per heavy atom. The number of hydrogen-bond donors (Lipinski definition) is 1. The molecule has 0 amide bonds. The lowest BCUT2D eigenvalue weighted by molar-refractivity contribution is -0.274. The van der Waals surface area contributed by atoms with Crippen molar-refractivity contribution in [3.63, 3.8) is 0 Å². The number of piperazine rings is 1. The topological polar surface area (TPSA) is 24.5 Å². The second kappa shape index (κ2) is 10.8. The predicted molar refractivity (Wildman–Crippen MR) is 110 cm³/mol. The number of halogens is 7. The molecule has 0 aromatic heterocycles. The van der Waals surface area contributed by atoms with E-state index in [0.717, 1.165) is 37.3 Å². The molecule has 2 aromatic rings. The van der Waals surface area contributed by atoms with E-state index >= 15 is 0 Å². The summed E-state index contributed by atoms with van der Waals surface area (Å²) in [4.78, 5) is 2.23. The summed E-state index contributed by atoms with van der Waals surface area (Å²) in [5, 5.41) is 4.41. The average molecular weight is 478 g/mol. The summed E-state index contributed by atoms with van der Waals surface area (Å²) in [6.45, 7) is 3.22. The van der Waals surface area contributed by atoms with Gasteiger partial charge >= 0.3 is 6.36 Å². The van der Waals surface area contributed by atoms with Crippen LogP contribution in [0.1, 0.15) is 17.2 Å². The van der Waals surface area contributed by atoms with E-state index in [4.69, 9.17) is 23.2 Å². The van der Waals surface area contributed by atoms with E-state index in [1.807, 2.05) is 0 Å². The van der Waals surface area contributed by atoms with Crippen LogP contribution in [0.3, 0.4) is 0 Å². The number of ether oxygens (including phenoxy) is 1. The number of benzene rings is 2. The minimum absolute atomic E-state index is 0. The highest BCUT2D eigenvalue weighted by atomic mass is 35.5. The first kappa shape index (κ1) is 25.1. The third-order valence-electron chi connectivity index (χ3n) is 4.20. The molecule has 1 atom stereocenters. The summed E-state index contributed by atoms with van der Waals surface area (Å²) in [6.07, 6.45) is -4.71. The molecule has 0 saturated carbocycles. The van der Waals surface area contributed by atoms with Gasteiger partial charge in [0.15, 0.2) is 0 Å². The Kier molecular flexibility index (Phi) is 9.67. The molecule has 10 heteroatoms. The standard InChI is InChI=1S/C18H17Cl2F3N2O.2ClH/c19-13-3-6-16(20)15(11-13)17(25-9-7-24-8-10-25)12-1-4-14(5-2-12)26-18(21,22)23;;/h1-6,11,17,24H,7-10H2;2*1H/t17-;;/m1../s1. The molecule has 3 rings (SSSR count). The van der Waals surface area contributed by atoms with Gasteiger partial charge in [-0.15, -0.1) is 38.0 Å². The first-order valence-electron chi connectivity index (χ1n) is 8.09. The average Bonchev–Trinajstić information content (AvgIpc) is 2.59. The van der Waals surface area contributed by atoms with Crippen LogP contribution < -0.4 is 10.1 Å². The van der Waals surface area contributed by atoms with Gasteiger partial charge in [-0.1, -0.05) is 35.3 Å². The van der Waals surface area contributed by atoms with Gasteiger partial charge in [-0.3, -0.25) is 4.90 Å². The Morgan fingerprint density at radius 3 is 2.14 bits per heavy atom. The van der Waals surface area contributed by atoms with Crippen LogP contribution in [0, 0.1) is 0 Å². The lowest BCUT2D eigenvalue weighted by Crippen LogP contribution is -2.45. The maximum Gasteiger partial charge on any atom is 0.573 e. The van der Waals surface area contributed by atoms with Crippen molar-refractivity contribution in [2.75, 3.05) is 26.2 Å². The molecule has 3 nitrogen and oxygen atoms in total. The molecule has 1 aliphatic heterocycles. The van der Waals surface area contributed by atoms with Gasteiger partial charge in [0.25, 0.3) is 0 Å². The Bertz CT molecular complexity index is 753. The number of alkyl halides is 3. The number of hydrogen-bond acceptors (Lipinski definition) is 3. The number of rotatable bonds is 4. The largest absolute Gasteiger partial charge is 0.573 e. The van der Waals surface area contributed by atoms with E-state index in [1.165, 1.54) is 12.1 Å². The van der Waals surface area contributed by atoms with E-state index in [9.17, 15) is 13.2 Å². The number of nitrogens with one attached hydrogen (secondary N) is 1. The van der Waals surface area contributed by atoms with Crippen LogP contribution >= 0.6 is 48.0 Å². The molecule has 1 N–H and O–H groups in total. The molecule has 1 fully saturated rings. The molecule has 1 saturated heterocycles. The SMILES string of the molecule is Cl.Cl.FC(F)(F)Oc1ccc([C@H](c2cc(Cl)ccc2Cl)N2CCNCC2)cc1. The molecule has 1 heterocycles. The van der Waals surface area contributed by atoms with Gasteiger partial charge in [0.1, 0.15) is 5.75 Å². The van der Waals surface area contributed by atoms with Crippen molar-refractivity contribution in [1.29, 1.82) is 0 Å². The van der Waals surface area contributed by atoms with Gasteiger partial charge in [0.05, 0.1) is 6.04 Å². The zero-order valence-corrected chi connectivity index (χ0v) is 17.7. The van der Waals surface area contributed by atoms with Gasteiger partial charge in [0, 0.05) is 36.2 Å². The third kappa shape index (κ3) is 6.58. The first-order chi connectivity index (χ1) is 12.3. The van der Waals surface area contributed by atoms with Crippen LogP contribution in [-0.2, 0) is 0 Å². The predicted octanol–water partition coefficient (Wildman–Crippen LogP) is 5.73. The van der Waals surface area contributed by atoms with Gasteiger partial charge in [-0.05, 0) is 41.5 Å². The van der Waals surface area contributed by atoms with Crippen molar-refractivity contribution in [2.45, 2.75) is 12.4 Å². The van der Waals surface area contributed by atoms with Gasteiger partial charge in [-0.2, -0.15) is 0 Å². The molecule has 2 aromatic carbocycles. The maximum atomic E-state index is 12.4. The lowest BCUT2D eigenvalue weighted by Gasteiger charge is -2.36. The molecule has 0 aliphatic carbocycles. The van der Waals surface area contributed by atoms with Crippen molar-refractivity contribution in [1.82, 2.24) is 10.2 Å². The maximum absolute atomic E-state index is 12.4. The first-order valence-corrected chi connectivity index (χ1v) is 8.84. The quantitative estimate of drug-likeness (QED) is 0.608. The zero-order valence-electron chi connectivity index (χ0n) is 14.5. The fourth-order valence-corrected chi connectivity index (χ4v) is 3.50. The molecule has 1 aliphatic rings. The van der Waals surface area contributed by atoms with Gasteiger partial charge in [0.2, 0.25) is 0 Å². The van der Waals surface area contributed by atoms with Crippen LogP contribution in [-0.4, -0.2) is 37.4 Å². The summed E-state index contributed by atoms with van der Waals surface area (Å²) in [7, 11) is 0. The Hall–Kier alpha value is -0.890. The zero-order chi connectivity index (χ0) is 18.7. The summed E-state index contributed by atoms with van der Waals surface area (Å²) in [5.41, 5.74) is 1.65. The smallest absolute Gasteiger partial charge is 0.406 e. The summed E-state index contributed by atoms with van der Waals surface area (Å²) < 4.78 is 41.1. The monoisotopic (exact) mass is 476 g/mol. The van der Waals surface area contributed by atoms with E-state index in [2.05, 4.69) is 15.0 Å². The third-order valence-corrected chi connectivity index (χ3v) is 4.78. The summed E-state index contributed by atoms with van der Waals surface area (Å²) in [5.74, 6) is -0.252. The van der Waals surface area contributed by atoms with Crippen LogP contribution in [0.15, 0.2) is 42.5 Å². The lowest BCUT2D eigenvalue weighted by atomic mass is 9.96. The van der Waals surface area contributed by atoms with Crippen molar-refractivity contribution in [3.8, 4) is 5.75 Å². The normalized spacial score (nSPS) is 15.9. The highest BCUT2D eigenvalue weighted by Crippen LogP contribution is 2.36. The van der Waals surface area contributed by atoms with Crippen molar-refractivity contribution >= 4 is 48.0 Å². The Balaban J connectivity index is 0.00000196.